The van der Waals surface area contributed by atoms with Crippen molar-refractivity contribution in [3.8, 4) is 0 Å². The lowest BCUT2D eigenvalue weighted by atomic mass is 9.99. The molecule has 20 heavy (non-hydrogen) atoms. The monoisotopic (exact) mass is 316 g/mol. The summed E-state index contributed by atoms with van der Waals surface area (Å²) in [7, 11) is -3.07. The molecule has 0 aliphatic carbocycles. The molecule has 1 saturated heterocycles. The molecule has 0 bridgehead atoms. The number of sulfonamides is 1. The van der Waals surface area contributed by atoms with Crippen LogP contribution in [0.15, 0.2) is 18.2 Å². The van der Waals surface area contributed by atoms with Crippen molar-refractivity contribution in [3.05, 3.63) is 28.8 Å². The molecule has 0 amide bonds. The van der Waals surface area contributed by atoms with E-state index in [2.05, 4.69) is 5.32 Å². The molecule has 1 fully saturated rings. The van der Waals surface area contributed by atoms with E-state index in [0.29, 0.717) is 24.0 Å². The van der Waals surface area contributed by atoms with Crippen LogP contribution in [0.25, 0.3) is 0 Å². The van der Waals surface area contributed by atoms with E-state index in [4.69, 9.17) is 11.6 Å². The summed E-state index contributed by atoms with van der Waals surface area (Å²) in [6, 6.07) is 5.76. The molecule has 1 aliphatic heterocycles. The Bertz CT molecular complexity index is 575. The molecule has 2 rings (SSSR count). The summed E-state index contributed by atoms with van der Waals surface area (Å²) in [5.41, 5.74) is 2.17. The maximum atomic E-state index is 11.6. The van der Waals surface area contributed by atoms with Crippen LogP contribution >= 0.6 is 11.6 Å². The van der Waals surface area contributed by atoms with Gasteiger partial charge in [0.05, 0.1) is 6.26 Å². The second kappa shape index (κ2) is 6.33. The fourth-order valence-electron chi connectivity index (χ4n) is 2.53. The molecule has 112 valence electrons. The Labute approximate surface area is 126 Å². The average Bonchev–Trinajstić information content (AvgIpc) is 2.39. The van der Waals surface area contributed by atoms with Crippen molar-refractivity contribution in [2.24, 2.45) is 5.92 Å². The Kier molecular flexibility index (Phi) is 4.94. The first-order valence-electron chi connectivity index (χ1n) is 6.81. The van der Waals surface area contributed by atoms with Crippen molar-refractivity contribution in [1.82, 2.24) is 4.31 Å². The summed E-state index contributed by atoms with van der Waals surface area (Å²) in [5.74, 6) is 0.344. The molecule has 1 atom stereocenters. The van der Waals surface area contributed by atoms with Crippen molar-refractivity contribution in [2.75, 3.05) is 31.2 Å². The van der Waals surface area contributed by atoms with Gasteiger partial charge in [0, 0.05) is 30.3 Å². The van der Waals surface area contributed by atoms with E-state index in [1.165, 1.54) is 6.26 Å². The van der Waals surface area contributed by atoms with Crippen LogP contribution in [0.1, 0.15) is 18.4 Å². The summed E-state index contributed by atoms with van der Waals surface area (Å²) < 4.78 is 24.8. The van der Waals surface area contributed by atoms with Gasteiger partial charge in [0.15, 0.2) is 0 Å². The number of rotatable bonds is 4. The lowest BCUT2D eigenvalue weighted by molar-refractivity contribution is 0.277. The molecular weight excluding hydrogens is 296 g/mol. The van der Waals surface area contributed by atoms with Gasteiger partial charge < -0.3 is 5.32 Å². The maximum absolute atomic E-state index is 11.6. The highest BCUT2D eigenvalue weighted by Crippen LogP contribution is 2.23. The third-order valence-electron chi connectivity index (χ3n) is 3.73. The number of nitrogens with zero attached hydrogens (tertiary/aromatic N) is 1. The van der Waals surface area contributed by atoms with E-state index in [9.17, 15) is 8.42 Å². The predicted octanol–water partition coefficient (Wildman–Crippen LogP) is 2.73. The van der Waals surface area contributed by atoms with Gasteiger partial charge in [0.25, 0.3) is 0 Å². The van der Waals surface area contributed by atoms with Gasteiger partial charge in [-0.15, -0.1) is 0 Å². The second-order valence-electron chi connectivity index (χ2n) is 5.47. The van der Waals surface area contributed by atoms with E-state index >= 15 is 0 Å². The number of anilines is 1. The molecule has 1 aromatic carbocycles. The average molecular weight is 317 g/mol. The van der Waals surface area contributed by atoms with Gasteiger partial charge in [-0.3, -0.25) is 0 Å². The molecule has 0 radical (unpaired) electrons. The van der Waals surface area contributed by atoms with E-state index in [1.807, 2.05) is 25.1 Å². The van der Waals surface area contributed by atoms with Crippen molar-refractivity contribution in [1.29, 1.82) is 0 Å². The summed E-state index contributed by atoms with van der Waals surface area (Å²) in [5, 5.41) is 4.10. The molecule has 0 saturated carbocycles. The second-order valence-corrected chi connectivity index (χ2v) is 7.89. The lowest BCUT2D eigenvalue weighted by Crippen LogP contribution is -2.41. The normalized spacial score (nSPS) is 20.9. The van der Waals surface area contributed by atoms with E-state index < -0.39 is 10.0 Å². The molecule has 1 aromatic rings. The van der Waals surface area contributed by atoms with Crippen LogP contribution in [0.2, 0.25) is 5.02 Å². The zero-order chi connectivity index (χ0) is 14.8. The van der Waals surface area contributed by atoms with Gasteiger partial charge in [0.2, 0.25) is 10.0 Å². The largest absolute Gasteiger partial charge is 0.384 e. The van der Waals surface area contributed by atoms with Crippen LogP contribution in [-0.2, 0) is 10.0 Å². The zero-order valence-electron chi connectivity index (χ0n) is 11.9. The minimum absolute atomic E-state index is 0.344. The molecular formula is C14H21ClN2O2S. The smallest absolute Gasteiger partial charge is 0.211 e. The van der Waals surface area contributed by atoms with E-state index in [-0.39, 0.29) is 0 Å². The van der Waals surface area contributed by atoms with E-state index in [1.54, 1.807) is 4.31 Å². The van der Waals surface area contributed by atoms with Crippen LogP contribution in [0.5, 0.6) is 0 Å². The van der Waals surface area contributed by atoms with Gasteiger partial charge in [-0.2, -0.15) is 0 Å². The molecule has 0 aromatic heterocycles. The quantitative estimate of drug-likeness (QED) is 0.929. The Morgan fingerprint density at radius 1 is 1.45 bits per heavy atom. The van der Waals surface area contributed by atoms with Crippen LogP contribution in [-0.4, -0.2) is 38.6 Å². The summed E-state index contributed by atoms with van der Waals surface area (Å²) >= 11 is 5.99. The van der Waals surface area contributed by atoms with Crippen LogP contribution in [0.3, 0.4) is 0 Å². The van der Waals surface area contributed by atoms with Gasteiger partial charge in [-0.05, 0) is 43.4 Å². The van der Waals surface area contributed by atoms with E-state index in [0.717, 1.165) is 30.6 Å². The third-order valence-corrected chi connectivity index (χ3v) is 5.24. The summed E-state index contributed by atoms with van der Waals surface area (Å²) in [6.07, 6.45) is 3.26. The minimum atomic E-state index is -3.07. The topological polar surface area (TPSA) is 49.4 Å². The van der Waals surface area contributed by atoms with Gasteiger partial charge in [0.1, 0.15) is 0 Å². The number of piperidine rings is 1. The Balaban J connectivity index is 1.95. The Morgan fingerprint density at radius 2 is 2.20 bits per heavy atom. The standard InChI is InChI=1S/C14H21ClN2O2S/c1-11-5-6-13(15)8-14(11)16-9-12-4-3-7-17(10-12)20(2,18)19/h5-6,8,12,16H,3-4,7,9-10H2,1-2H3. The van der Waals surface area contributed by atoms with Crippen molar-refractivity contribution >= 4 is 27.3 Å². The number of halogens is 1. The van der Waals surface area contributed by atoms with Crippen LogP contribution in [0, 0.1) is 12.8 Å². The Hall–Kier alpha value is -0.780. The molecule has 1 unspecified atom stereocenters. The SMILES string of the molecule is Cc1ccc(Cl)cc1NCC1CCCN(S(C)(=O)=O)C1. The maximum Gasteiger partial charge on any atom is 0.211 e. The minimum Gasteiger partial charge on any atom is -0.384 e. The number of benzene rings is 1. The number of aryl methyl sites for hydroxylation is 1. The van der Waals surface area contributed by atoms with Gasteiger partial charge >= 0.3 is 0 Å². The van der Waals surface area contributed by atoms with Crippen molar-refractivity contribution in [2.45, 2.75) is 19.8 Å². The highest BCUT2D eigenvalue weighted by atomic mass is 35.5. The Morgan fingerprint density at radius 3 is 2.90 bits per heavy atom. The van der Waals surface area contributed by atoms with Crippen LogP contribution < -0.4 is 5.32 Å². The summed E-state index contributed by atoms with van der Waals surface area (Å²) in [6.45, 7) is 4.05. The molecule has 1 aliphatic rings. The molecule has 1 N–H and O–H groups in total. The first kappa shape index (κ1) is 15.6. The fourth-order valence-corrected chi connectivity index (χ4v) is 3.65. The lowest BCUT2D eigenvalue weighted by Gasteiger charge is -2.31. The molecule has 6 heteroatoms. The van der Waals surface area contributed by atoms with Crippen LogP contribution in [0.4, 0.5) is 5.69 Å². The van der Waals surface area contributed by atoms with Crippen molar-refractivity contribution < 1.29 is 8.42 Å². The summed E-state index contributed by atoms with van der Waals surface area (Å²) in [4.78, 5) is 0. The molecule has 1 heterocycles. The first-order valence-corrected chi connectivity index (χ1v) is 9.04. The molecule has 4 nitrogen and oxygen atoms in total. The third kappa shape index (κ3) is 4.11. The number of hydrogen-bond acceptors (Lipinski definition) is 3. The van der Waals surface area contributed by atoms with Crippen molar-refractivity contribution in [3.63, 3.8) is 0 Å². The fraction of sp³-hybridized carbons (Fsp3) is 0.571. The van der Waals surface area contributed by atoms with Gasteiger partial charge in [-0.1, -0.05) is 17.7 Å². The predicted molar refractivity (Wildman–Crippen MR) is 83.8 cm³/mol. The highest BCUT2D eigenvalue weighted by molar-refractivity contribution is 7.88. The first-order chi connectivity index (χ1) is 9.36. The van der Waals surface area contributed by atoms with Gasteiger partial charge in [-0.25, -0.2) is 12.7 Å². The zero-order valence-corrected chi connectivity index (χ0v) is 13.5. The highest BCUT2D eigenvalue weighted by Gasteiger charge is 2.25. The molecule has 0 spiro atoms. The number of hydrogen-bond donors (Lipinski definition) is 1. The number of nitrogens with one attached hydrogen (secondary N) is 1.